The zero-order chi connectivity index (χ0) is 18.5. The fraction of sp³-hybridized carbons (Fsp3) is 0.316. The van der Waals surface area contributed by atoms with Crippen LogP contribution < -0.4 is 10.1 Å². The maximum atomic E-state index is 11.9. The van der Waals surface area contributed by atoms with Gasteiger partial charge in [0.25, 0.3) is 0 Å². The Balaban J connectivity index is 1.41. The van der Waals surface area contributed by atoms with E-state index in [1.54, 1.807) is 9.36 Å². The van der Waals surface area contributed by atoms with Gasteiger partial charge < -0.3 is 10.1 Å². The molecule has 0 saturated carbocycles. The molecule has 1 amide bonds. The third-order valence-corrected chi connectivity index (χ3v) is 4.09. The molecule has 0 aliphatic heterocycles. The number of anilines is 1. The van der Waals surface area contributed by atoms with Crippen molar-refractivity contribution in [1.82, 2.24) is 19.6 Å². The van der Waals surface area contributed by atoms with Crippen molar-refractivity contribution in [3.63, 3.8) is 0 Å². The van der Waals surface area contributed by atoms with E-state index in [0.717, 1.165) is 22.6 Å². The molecule has 0 aliphatic rings. The van der Waals surface area contributed by atoms with Crippen LogP contribution in [0.3, 0.4) is 0 Å². The number of rotatable bonds is 7. The number of hydrogen-bond donors (Lipinski definition) is 1. The topological polar surface area (TPSA) is 74.0 Å². The minimum Gasteiger partial charge on any atom is -0.494 e. The van der Waals surface area contributed by atoms with Gasteiger partial charge in [-0.1, -0.05) is 12.1 Å². The molecule has 0 fully saturated rings. The van der Waals surface area contributed by atoms with E-state index in [4.69, 9.17) is 4.74 Å². The van der Waals surface area contributed by atoms with Gasteiger partial charge in [-0.25, -0.2) is 0 Å². The molecule has 3 rings (SSSR count). The second-order valence-corrected chi connectivity index (χ2v) is 6.22. The molecule has 7 heteroatoms. The largest absolute Gasteiger partial charge is 0.494 e. The summed E-state index contributed by atoms with van der Waals surface area (Å²) >= 11 is 0. The van der Waals surface area contributed by atoms with E-state index in [0.29, 0.717) is 25.3 Å². The monoisotopic (exact) mass is 353 g/mol. The molecule has 7 nitrogen and oxygen atoms in total. The van der Waals surface area contributed by atoms with Crippen molar-refractivity contribution in [2.45, 2.75) is 19.8 Å². The van der Waals surface area contributed by atoms with Gasteiger partial charge in [0.05, 0.1) is 12.8 Å². The number of carbonyl (C=O) groups is 1. The van der Waals surface area contributed by atoms with Crippen molar-refractivity contribution < 1.29 is 9.53 Å². The Kier molecular flexibility index (Phi) is 5.36. The molecule has 0 saturated heterocycles. The molecule has 0 radical (unpaired) electrons. The van der Waals surface area contributed by atoms with Crippen LogP contribution in [0.1, 0.15) is 18.5 Å². The quantitative estimate of drug-likeness (QED) is 0.663. The summed E-state index contributed by atoms with van der Waals surface area (Å²) in [5, 5.41) is 11.2. The van der Waals surface area contributed by atoms with Crippen LogP contribution in [0.5, 0.6) is 5.75 Å². The Morgan fingerprint density at radius 3 is 2.58 bits per heavy atom. The van der Waals surface area contributed by atoms with Crippen LogP contribution in [0, 0.1) is 6.92 Å². The summed E-state index contributed by atoms with van der Waals surface area (Å²) in [5.41, 5.74) is 3.16. The van der Waals surface area contributed by atoms with E-state index < -0.39 is 0 Å². The van der Waals surface area contributed by atoms with E-state index >= 15 is 0 Å². The minimum atomic E-state index is -0.0568. The molecule has 1 N–H and O–H groups in total. The highest BCUT2D eigenvalue weighted by Gasteiger charge is 2.07. The van der Waals surface area contributed by atoms with Crippen LogP contribution in [0.25, 0.3) is 11.1 Å². The van der Waals surface area contributed by atoms with Crippen LogP contribution in [-0.2, 0) is 18.9 Å². The van der Waals surface area contributed by atoms with Crippen LogP contribution >= 0.6 is 0 Å². The van der Waals surface area contributed by atoms with Crippen molar-refractivity contribution in [3.05, 3.63) is 48.4 Å². The highest BCUT2D eigenvalue weighted by atomic mass is 16.5. The number of nitrogens with one attached hydrogen (secondary N) is 1. The molecular formula is C19H23N5O2. The van der Waals surface area contributed by atoms with Crippen molar-refractivity contribution in [2.75, 3.05) is 11.9 Å². The normalized spacial score (nSPS) is 10.7. The number of aryl methyl sites for hydroxylation is 3. The van der Waals surface area contributed by atoms with Crippen LogP contribution in [0.15, 0.2) is 42.7 Å². The lowest BCUT2D eigenvalue weighted by Crippen LogP contribution is -2.13. The Morgan fingerprint density at radius 1 is 1.19 bits per heavy atom. The molecule has 136 valence electrons. The van der Waals surface area contributed by atoms with Crippen molar-refractivity contribution >= 4 is 11.7 Å². The second kappa shape index (κ2) is 7.86. The fourth-order valence-corrected chi connectivity index (χ4v) is 2.56. The summed E-state index contributed by atoms with van der Waals surface area (Å²) in [6, 6.07) is 9.71. The summed E-state index contributed by atoms with van der Waals surface area (Å²) in [7, 11) is 3.74. The first-order valence-corrected chi connectivity index (χ1v) is 8.53. The fourth-order valence-electron chi connectivity index (χ4n) is 2.56. The van der Waals surface area contributed by atoms with Crippen molar-refractivity contribution in [3.8, 4) is 16.9 Å². The molecule has 26 heavy (non-hydrogen) atoms. The number of amides is 1. The molecule has 2 heterocycles. The van der Waals surface area contributed by atoms with Gasteiger partial charge in [-0.15, -0.1) is 0 Å². The predicted octanol–water partition coefficient (Wildman–Crippen LogP) is 2.93. The standard InChI is InChI=1S/C19H23N5O2/c1-14-11-18(22-24(14)3)21-19(25)5-4-10-26-17-8-6-15(7-9-17)16-12-20-23(2)13-16/h6-9,11-13H,4-5,10H2,1-3H3,(H,21,22,25). The minimum absolute atomic E-state index is 0.0568. The third kappa shape index (κ3) is 4.50. The van der Waals surface area contributed by atoms with Gasteiger partial charge in [0, 0.05) is 44.0 Å². The number of carbonyl (C=O) groups excluding carboxylic acids is 1. The molecule has 0 aliphatic carbocycles. The van der Waals surface area contributed by atoms with Crippen LogP contribution in [0.2, 0.25) is 0 Å². The maximum Gasteiger partial charge on any atom is 0.225 e. The van der Waals surface area contributed by atoms with Gasteiger partial charge >= 0.3 is 0 Å². The average Bonchev–Trinajstić information content (AvgIpc) is 3.18. The lowest BCUT2D eigenvalue weighted by molar-refractivity contribution is -0.116. The van der Waals surface area contributed by atoms with Gasteiger partial charge in [0.15, 0.2) is 5.82 Å². The van der Waals surface area contributed by atoms with E-state index in [1.165, 1.54) is 0 Å². The van der Waals surface area contributed by atoms with Gasteiger partial charge in [0.2, 0.25) is 5.91 Å². The number of ether oxygens (including phenoxy) is 1. The van der Waals surface area contributed by atoms with E-state index in [-0.39, 0.29) is 5.91 Å². The molecule has 1 aromatic carbocycles. The van der Waals surface area contributed by atoms with Gasteiger partial charge in [-0.2, -0.15) is 10.2 Å². The highest BCUT2D eigenvalue weighted by Crippen LogP contribution is 2.21. The zero-order valence-electron chi connectivity index (χ0n) is 15.3. The van der Waals surface area contributed by atoms with E-state index in [1.807, 2.05) is 63.7 Å². The average molecular weight is 353 g/mol. The maximum absolute atomic E-state index is 11.9. The first kappa shape index (κ1) is 17.7. The van der Waals surface area contributed by atoms with E-state index in [2.05, 4.69) is 15.5 Å². The Labute approximate surface area is 152 Å². The Bertz CT molecular complexity index is 860. The molecular weight excluding hydrogens is 330 g/mol. The Morgan fingerprint density at radius 2 is 1.96 bits per heavy atom. The summed E-state index contributed by atoms with van der Waals surface area (Å²) in [4.78, 5) is 11.9. The molecule has 0 unspecified atom stereocenters. The highest BCUT2D eigenvalue weighted by molar-refractivity contribution is 5.89. The SMILES string of the molecule is Cc1cc(NC(=O)CCCOc2ccc(-c3cnn(C)c3)cc2)nn1C. The molecule has 0 bridgehead atoms. The first-order chi connectivity index (χ1) is 12.5. The van der Waals surface area contributed by atoms with E-state index in [9.17, 15) is 4.79 Å². The number of hydrogen-bond acceptors (Lipinski definition) is 4. The zero-order valence-corrected chi connectivity index (χ0v) is 15.3. The Hall–Kier alpha value is -3.09. The summed E-state index contributed by atoms with van der Waals surface area (Å²) in [6.45, 7) is 2.43. The lowest BCUT2D eigenvalue weighted by atomic mass is 10.1. The molecule has 0 spiro atoms. The van der Waals surface area contributed by atoms with Gasteiger partial charge in [-0.05, 0) is 31.0 Å². The number of aromatic nitrogens is 4. The first-order valence-electron chi connectivity index (χ1n) is 8.53. The van der Waals surface area contributed by atoms with Crippen LogP contribution in [0.4, 0.5) is 5.82 Å². The summed E-state index contributed by atoms with van der Waals surface area (Å²) in [6.07, 6.45) is 4.83. The number of nitrogens with zero attached hydrogens (tertiary/aromatic N) is 4. The molecule has 0 atom stereocenters. The number of benzene rings is 1. The summed E-state index contributed by atoms with van der Waals surface area (Å²) < 4.78 is 9.21. The third-order valence-electron chi connectivity index (χ3n) is 4.09. The van der Waals surface area contributed by atoms with Crippen molar-refractivity contribution in [1.29, 1.82) is 0 Å². The van der Waals surface area contributed by atoms with Gasteiger partial charge in [-0.3, -0.25) is 14.2 Å². The summed E-state index contributed by atoms with van der Waals surface area (Å²) in [5.74, 6) is 1.32. The lowest BCUT2D eigenvalue weighted by Gasteiger charge is -2.07. The molecule has 3 aromatic rings. The molecule has 2 aromatic heterocycles. The predicted molar refractivity (Wildman–Crippen MR) is 99.9 cm³/mol. The second-order valence-electron chi connectivity index (χ2n) is 6.22. The smallest absolute Gasteiger partial charge is 0.225 e. The van der Waals surface area contributed by atoms with Gasteiger partial charge in [0.1, 0.15) is 5.75 Å². The van der Waals surface area contributed by atoms with Crippen molar-refractivity contribution in [2.24, 2.45) is 14.1 Å². The van der Waals surface area contributed by atoms with Crippen LogP contribution in [-0.4, -0.2) is 32.1 Å².